The van der Waals surface area contributed by atoms with Gasteiger partial charge in [-0.1, -0.05) is 25.0 Å². The number of carbonyl (C=O) groups is 2. The van der Waals surface area contributed by atoms with Crippen molar-refractivity contribution < 1.29 is 19.4 Å². The van der Waals surface area contributed by atoms with Gasteiger partial charge >= 0.3 is 11.9 Å². The fourth-order valence-corrected chi connectivity index (χ4v) is 1.31. The number of hydrogen-bond acceptors (Lipinski definition) is 3. The molecule has 0 saturated heterocycles. The predicted molar refractivity (Wildman–Crippen MR) is 66.3 cm³/mol. The van der Waals surface area contributed by atoms with Gasteiger partial charge in [0.15, 0.2) is 5.60 Å². The third-order valence-corrected chi connectivity index (χ3v) is 2.68. The summed E-state index contributed by atoms with van der Waals surface area (Å²) >= 11 is 0. The molecular formula is C14H14O4. The van der Waals surface area contributed by atoms with Gasteiger partial charge in [-0.05, 0) is 25.5 Å². The first kappa shape index (κ1) is 13.8. The molecule has 94 valence electrons. The Bertz CT molecular complexity index is 513. The molecule has 1 atom stereocenters. The molecule has 0 amide bonds. The van der Waals surface area contributed by atoms with Gasteiger partial charge in [-0.25, -0.2) is 9.59 Å². The topological polar surface area (TPSA) is 63.6 Å². The van der Waals surface area contributed by atoms with E-state index in [1.54, 1.807) is 26.0 Å². The molecule has 1 rings (SSSR count). The van der Waals surface area contributed by atoms with Gasteiger partial charge in [-0.15, -0.1) is 6.42 Å². The molecular weight excluding hydrogens is 232 g/mol. The van der Waals surface area contributed by atoms with Gasteiger partial charge < -0.3 is 9.84 Å². The van der Waals surface area contributed by atoms with Gasteiger partial charge in [0.2, 0.25) is 0 Å². The highest BCUT2D eigenvalue weighted by atomic mass is 16.6. The SMILES string of the molecule is C#C[C@](C)(CC)OC(=O)c1ccccc1C(=O)O. The molecule has 0 bridgehead atoms. The molecule has 0 aliphatic carbocycles. The minimum absolute atomic E-state index is 0.0000694. The van der Waals surface area contributed by atoms with Gasteiger partial charge in [-0.2, -0.15) is 0 Å². The van der Waals surface area contributed by atoms with Crippen LogP contribution in [0.2, 0.25) is 0 Å². The summed E-state index contributed by atoms with van der Waals surface area (Å²) in [7, 11) is 0. The average Bonchev–Trinajstić information content (AvgIpc) is 2.38. The first-order valence-electron chi connectivity index (χ1n) is 5.47. The lowest BCUT2D eigenvalue weighted by Gasteiger charge is -2.22. The van der Waals surface area contributed by atoms with E-state index in [9.17, 15) is 9.59 Å². The van der Waals surface area contributed by atoms with Crippen molar-refractivity contribution >= 4 is 11.9 Å². The Morgan fingerprint density at radius 1 is 1.39 bits per heavy atom. The number of rotatable bonds is 4. The number of terminal acetylenes is 1. The molecule has 0 radical (unpaired) electrons. The van der Waals surface area contributed by atoms with Crippen LogP contribution in [-0.2, 0) is 4.74 Å². The maximum Gasteiger partial charge on any atom is 0.340 e. The van der Waals surface area contributed by atoms with E-state index in [4.69, 9.17) is 16.3 Å². The number of carbonyl (C=O) groups excluding carboxylic acids is 1. The van der Waals surface area contributed by atoms with E-state index < -0.39 is 17.5 Å². The Balaban J connectivity index is 3.06. The number of hydrogen-bond donors (Lipinski definition) is 1. The van der Waals surface area contributed by atoms with Crippen molar-refractivity contribution in [3.63, 3.8) is 0 Å². The van der Waals surface area contributed by atoms with Crippen LogP contribution >= 0.6 is 0 Å². The first-order valence-corrected chi connectivity index (χ1v) is 5.47. The van der Waals surface area contributed by atoms with E-state index in [1.165, 1.54) is 12.1 Å². The number of benzene rings is 1. The molecule has 18 heavy (non-hydrogen) atoms. The molecule has 0 heterocycles. The van der Waals surface area contributed by atoms with Crippen LogP contribution in [0, 0.1) is 12.3 Å². The minimum atomic E-state index is -1.18. The molecule has 0 saturated carbocycles. The number of aromatic carboxylic acids is 1. The van der Waals surface area contributed by atoms with Crippen molar-refractivity contribution in [2.45, 2.75) is 25.9 Å². The number of ether oxygens (including phenoxy) is 1. The fourth-order valence-electron chi connectivity index (χ4n) is 1.31. The van der Waals surface area contributed by atoms with Gasteiger partial charge in [-0.3, -0.25) is 0 Å². The zero-order valence-electron chi connectivity index (χ0n) is 10.3. The van der Waals surface area contributed by atoms with Crippen LogP contribution in [0.3, 0.4) is 0 Å². The fraction of sp³-hybridized carbons (Fsp3) is 0.286. The Labute approximate surface area is 106 Å². The molecule has 0 aromatic heterocycles. The highest BCUT2D eigenvalue weighted by Gasteiger charge is 2.26. The summed E-state index contributed by atoms with van der Waals surface area (Å²) in [5.74, 6) is 0.481. The van der Waals surface area contributed by atoms with Crippen LogP contribution in [0.4, 0.5) is 0 Å². The summed E-state index contributed by atoms with van der Waals surface area (Å²) in [5.41, 5.74) is -1.12. The van der Waals surface area contributed by atoms with Crippen LogP contribution in [-0.4, -0.2) is 22.6 Å². The van der Waals surface area contributed by atoms with E-state index in [0.29, 0.717) is 6.42 Å². The maximum atomic E-state index is 11.9. The van der Waals surface area contributed by atoms with Crippen molar-refractivity contribution in [3.8, 4) is 12.3 Å². The largest absolute Gasteiger partial charge is 0.478 e. The highest BCUT2D eigenvalue weighted by molar-refractivity contribution is 6.02. The monoisotopic (exact) mass is 246 g/mol. The average molecular weight is 246 g/mol. The summed E-state index contributed by atoms with van der Waals surface area (Å²) in [5, 5.41) is 8.98. The smallest absolute Gasteiger partial charge is 0.340 e. The minimum Gasteiger partial charge on any atom is -0.478 e. The van der Waals surface area contributed by atoms with Crippen LogP contribution < -0.4 is 0 Å². The quantitative estimate of drug-likeness (QED) is 0.654. The number of carboxylic acids is 1. The van der Waals surface area contributed by atoms with Crippen molar-refractivity contribution in [2.24, 2.45) is 0 Å². The third kappa shape index (κ3) is 2.89. The van der Waals surface area contributed by atoms with Crippen molar-refractivity contribution in [2.75, 3.05) is 0 Å². The van der Waals surface area contributed by atoms with Crippen LogP contribution in [0.1, 0.15) is 41.0 Å². The molecule has 0 unspecified atom stereocenters. The maximum absolute atomic E-state index is 11.9. The molecule has 0 aliphatic heterocycles. The lowest BCUT2D eigenvalue weighted by molar-refractivity contribution is 0.0128. The highest BCUT2D eigenvalue weighted by Crippen LogP contribution is 2.18. The second-order valence-electron chi connectivity index (χ2n) is 3.97. The first-order chi connectivity index (χ1) is 8.43. The standard InChI is InChI=1S/C14H14O4/c1-4-14(3,5-2)18-13(17)11-9-7-6-8-10(11)12(15)16/h1,6-9H,5H2,2-3H3,(H,15,16)/t14-/m1/s1. The van der Waals surface area contributed by atoms with Crippen LogP contribution in [0.5, 0.6) is 0 Å². The lowest BCUT2D eigenvalue weighted by Crippen LogP contribution is -2.29. The molecule has 0 aliphatic rings. The number of esters is 1. The molecule has 4 heteroatoms. The molecule has 0 spiro atoms. The molecule has 4 nitrogen and oxygen atoms in total. The van der Waals surface area contributed by atoms with Crippen molar-refractivity contribution in [1.29, 1.82) is 0 Å². The van der Waals surface area contributed by atoms with Gasteiger partial charge in [0, 0.05) is 0 Å². The van der Waals surface area contributed by atoms with Gasteiger partial charge in [0.1, 0.15) is 0 Å². The third-order valence-electron chi connectivity index (χ3n) is 2.68. The van der Waals surface area contributed by atoms with Crippen molar-refractivity contribution in [1.82, 2.24) is 0 Å². The Morgan fingerprint density at radius 2 is 1.94 bits per heavy atom. The summed E-state index contributed by atoms with van der Waals surface area (Å²) in [6, 6.07) is 5.86. The molecule has 1 aromatic rings. The van der Waals surface area contributed by atoms with E-state index in [-0.39, 0.29) is 11.1 Å². The van der Waals surface area contributed by atoms with Crippen molar-refractivity contribution in [3.05, 3.63) is 35.4 Å². The van der Waals surface area contributed by atoms with E-state index >= 15 is 0 Å². The van der Waals surface area contributed by atoms with Crippen LogP contribution in [0.15, 0.2) is 24.3 Å². The second-order valence-corrected chi connectivity index (χ2v) is 3.97. The lowest BCUT2D eigenvalue weighted by atomic mass is 10.0. The Hall–Kier alpha value is -2.28. The summed E-state index contributed by atoms with van der Waals surface area (Å²) in [4.78, 5) is 22.9. The molecule has 1 N–H and O–H groups in total. The van der Waals surface area contributed by atoms with Gasteiger partial charge in [0.05, 0.1) is 11.1 Å². The second kappa shape index (κ2) is 5.37. The zero-order valence-corrected chi connectivity index (χ0v) is 10.3. The Morgan fingerprint density at radius 3 is 2.39 bits per heavy atom. The van der Waals surface area contributed by atoms with Gasteiger partial charge in [0.25, 0.3) is 0 Å². The Kier molecular flexibility index (Phi) is 4.11. The molecule has 1 aromatic carbocycles. The normalized spacial score (nSPS) is 13.2. The summed E-state index contributed by atoms with van der Waals surface area (Å²) in [6.07, 6.45) is 5.75. The predicted octanol–water partition coefficient (Wildman–Crippen LogP) is 2.34. The zero-order chi connectivity index (χ0) is 13.8. The van der Waals surface area contributed by atoms with E-state index in [2.05, 4.69) is 5.92 Å². The summed E-state index contributed by atoms with van der Waals surface area (Å²) in [6.45, 7) is 3.39. The number of carboxylic acid groups (broad SMARTS) is 1. The summed E-state index contributed by atoms with van der Waals surface area (Å²) < 4.78 is 5.17. The van der Waals surface area contributed by atoms with E-state index in [0.717, 1.165) is 0 Å². The van der Waals surface area contributed by atoms with E-state index in [1.807, 2.05) is 0 Å². The van der Waals surface area contributed by atoms with Crippen LogP contribution in [0.25, 0.3) is 0 Å². The molecule has 0 fully saturated rings.